The van der Waals surface area contributed by atoms with E-state index in [9.17, 15) is 9.59 Å². The van der Waals surface area contributed by atoms with Gasteiger partial charge in [0, 0.05) is 50.1 Å². The number of fused-ring (bicyclic) bond motifs is 2. The summed E-state index contributed by atoms with van der Waals surface area (Å²) in [5, 5.41) is 1.79. The quantitative estimate of drug-likeness (QED) is 0.254. The van der Waals surface area contributed by atoms with E-state index in [-0.39, 0.29) is 25.4 Å². The van der Waals surface area contributed by atoms with Gasteiger partial charge in [0.25, 0.3) is 5.56 Å². The average molecular weight is 508 g/mol. The van der Waals surface area contributed by atoms with E-state index in [2.05, 4.69) is 4.98 Å². The van der Waals surface area contributed by atoms with Crippen molar-refractivity contribution in [3.05, 3.63) is 98.3 Å². The van der Waals surface area contributed by atoms with Crippen molar-refractivity contribution in [2.75, 3.05) is 13.4 Å². The zero-order chi connectivity index (χ0) is 24.4. The number of aromatic nitrogens is 1. The smallest absolute Gasteiger partial charge is 0.330 e. The number of carbonyl (C=O) groups is 1. The fraction of sp³-hybridized carbons (Fsp3) is 0.111. The lowest BCUT2D eigenvalue weighted by atomic mass is 9.94. The second kappa shape index (κ2) is 9.86. The normalized spacial score (nSPS) is 12.4. The van der Waals surface area contributed by atoms with Crippen LogP contribution < -0.4 is 15.0 Å². The standard InChI is InChI=1S/C27H19Cl2NO5/c28-17-7-8-22-20(14-17)26(18-3-1-2-4-21(18)29)19(27(32)30-22)11-12-33-25(31)10-6-16-5-9-23-24(13-16)35-15-34-23/h1-10,13-14H,11-12,15H2,(H,30,32)/b10-6+. The Morgan fingerprint density at radius 1 is 1.03 bits per heavy atom. The molecule has 0 saturated carbocycles. The third-order valence-corrected chi connectivity index (χ3v) is 6.19. The Kier molecular flexibility index (Phi) is 6.49. The van der Waals surface area contributed by atoms with Gasteiger partial charge in [0.15, 0.2) is 11.5 Å². The maximum Gasteiger partial charge on any atom is 0.330 e. The Hall–Kier alpha value is -3.74. The molecule has 1 aromatic heterocycles. The van der Waals surface area contributed by atoms with Crippen LogP contribution in [0.1, 0.15) is 11.1 Å². The molecule has 6 nitrogen and oxygen atoms in total. The molecule has 176 valence electrons. The van der Waals surface area contributed by atoms with Crippen LogP contribution in [0.25, 0.3) is 28.1 Å². The fourth-order valence-corrected chi connectivity index (χ4v) is 4.40. The van der Waals surface area contributed by atoms with Crippen LogP contribution in [0.4, 0.5) is 0 Å². The first-order valence-corrected chi connectivity index (χ1v) is 11.6. The Labute approximate surface area is 210 Å². The number of halogens is 2. The summed E-state index contributed by atoms with van der Waals surface area (Å²) in [5.41, 5.74) is 2.97. The number of benzene rings is 3. The number of esters is 1. The summed E-state index contributed by atoms with van der Waals surface area (Å²) >= 11 is 12.7. The van der Waals surface area contributed by atoms with Crippen molar-refractivity contribution in [2.24, 2.45) is 0 Å². The maximum atomic E-state index is 13.0. The Balaban J connectivity index is 1.38. The minimum Gasteiger partial charge on any atom is -0.462 e. The van der Waals surface area contributed by atoms with Gasteiger partial charge in [0.05, 0.1) is 6.61 Å². The highest BCUT2D eigenvalue weighted by molar-refractivity contribution is 6.34. The lowest BCUT2D eigenvalue weighted by Crippen LogP contribution is -2.17. The summed E-state index contributed by atoms with van der Waals surface area (Å²) in [7, 11) is 0. The Morgan fingerprint density at radius 2 is 1.86 bits per heavy atom. The second-order valence-electron chi connectivity index (χ2n) is 7.84. The van der Waals surface area contributed by atoms with Gasteiger partial charge >= 0.3 is 5.97 Å². The molecule has 3 aromatic carbocycles. The first-order valence-electron chi connectivity index (χ1n) is 10.8. The summed E-state index contributed by atoms with van der Waals surface area (Å²) in [5.74, 6) is 0.770. The molecule has 0 saturated heterocycles. The zero-order valence-electron chi connectivity index (χ0n) is 18.3. The number of rotatable bonds is 6. The van der Waals surface area contributed by atoms with E-state index in [1.54, 1.807) is 42.5 Å². The number of pyridine rings is 1. The Morgan fingerprint density at radius 3 is 2.71 bits per heavy atom. The van der Waals surface area contributed by atoms with Gasteiger partial charge in [0.1, 0.15) is 0 Å². The van der Waals surface area contributed by atoms with E-state index in [4.69, 9.17) is 37.4 Å². The van der Waals surface area contributed by atoms with E-state index >= 15 is 0 Å². The topological polar surface area (TPSA) is 77.6 Å². The highest BCUT2D eigenvalue weighted by Gasteiger charge is 2.17. The molecule has 4 aromatic rings. The van der Waals surface area contributed by atoms with Crippen molar-refractivity contribution in [1.82, 2.24) is 4.98 Å². The van der Waals surface area contributed by atoms with Crippen molar-refractivity contribution in [3.8, 4) is 22.6 Å². The average Bonchev–Trinajstić information content (AvgIpc) is 3.32. The third-order valence-electron chi connectivity index (χ3n) is 5.62. The van der Waals surface area contributed by atoms with Crippen molar-refractivity contribution >= 4 is 46.2 Å². The van der Waals surface area contributed by atoms with E-state index < -0.39 is 5.97 Å². The first kappa shape index (κ1) is 23.0. The number of hydrogen-bond acceptors (Lipinski definition) is 5. The Bertz CT molecular complexity index is 1530. The predicted octanol–water partition coefficient (Wildman–Crippen LogP) is 6.03. The first-order chi connectivity index (χ1) is 17.0. The van der Waals surface area contributed by atoms with Gasteiger partial charge in [-0.3, -0.25) is 4.79 Å². The molecule has 0 atom stereocenters. The van der Waals surface area contributed by atoms with Gasteiger partial charge in [-0.1, -0.05) is 47.5 Å². The number of hydrogen-bond donors (Lipinski definition) is 1. The molecule has 5 rings (SSSR count). The molecule has 8 heteroatoms. The molecular formula is C27H19Cl2NO5. The zero-order valence-corrected chi connectivity index (χ0v) is 19.9. The summed E-state index contributed by atoms with van der Waals surface area (Å²) in [4.78, 5) is 28.2. The molecule has 1 aliphatic heterocycles. The summed E-state index contributed by atoms with van der Waals surface area (Å²) in [6.45, 7) is 0.192. The highest BCUT2D eigenvalue weighted by Crippen LogP contribution is 2.36. The number of nitrogens with one attached hydrogen (secondary N) is 1. The second-order valence-corrected chi connectivity index (χ2v) is 8.68. The minimum absolute atomic E-state index is 0.0108. The summed E-state index contributed by atoms with van der Waals surface area (Å²) in [6, 6.07) is 17.9. The molecule has 1 N–H and O–H groups in total. The number of aromatic amines is 1. The summed E-state index contributed by atoms with van der Waals surface area (Å²) in [6.07, 6.45) is 3.16. The van der Waals surface area contributed by atoms with Crippen molar-refractivity contribution in [3.63, 3.8) is 0 Å². The van der Waals surface area contributed by atoms with Gasteiger partial charge in [-0.25, -0.2) is 4.79 Å². The van der Waals surface area contributed by atoms with E-state index in [0.717, 1.165) is 10.9 Å². The lowest BCUT2D eigenvalue weighted by Gasteiger charge is -2.14. The van der Waals surface area contributed by atoms with Crippen LogP contribution >= 0.6 is 23.2 Å². The largest absolute Gasteiger partial charge is 0.462 e. The van der Waals surface area contributed by atoms with Gasteiger partial charge in [-0.2, -0.15) is 0 Å². The van der Waals surface area contributed by atoms with Gasteiger partial charge in [-0.15, -0.1) is 0 Å². The van der Waals surface area contributed by atoms with Crippen molar-refractivity contribution in [1.29, 1.82) is 0 Å². The molecule has 0 bridgehead atoms. The molecule has 0 radical (unpaired) electrons. The van der Waals surface area contributed by atoms with Crippen molar-refractivity contribution < 1.29 is 19.0 Å². The maximum absolute atomic E-state index is 13.0. The summed E-state index contributed by atoms with van der Waals surface area (Å²) < 4.78 is 16.0. The molecule has 35 heavy (non-hydrogen) atoms. The lowest BCUT2D eigenvalue weighted by molar-refractivity contribution is -0.137. The van der Waals surface area contributed by atoms with Gasteiger partial charge in [-0.05, 0) is 48.0 Å². The van der Waals surface area contributed by atoms with Crippen LogP contribution in [-0.4, -0.2) is 24.4 Å². The fourth-order valence-electron chi connectivity index (χ4n) is 4.00. The number of carbonyl (C=O) groups excluding carboxylic acids is 1. The molecule has 0 amide bonds. The van der Waals surface area contributed by atoms with Crippen molar-refractivity contribution in [2.45, 2.75) is 6.42 Å². The van der Waals surface area contributed by atoms with Crippen LogP contribution in [0.3, 0.4) is 0 Å². The van der Waals surface area contributed by atoms with Gasteiger partial charge < -0.3 is 19.2 Å². The van der Waals surface area contributed by atoms with Crippen LogP contribution in [0.2, 0.25) is 10.0 Å². The molecule has 0 spiro atoms. The van der Waals surface area contributed by atoms with E-state index in [0.29, 0.717) is 43.8 Å². The van der Waals surface area contributed by atoms with Crippen LogP contribution in [0.5, 0.6) is 11.5 Å². The molecule has 0 unspecified atom stereocenters. The number of H-pyrrole nitrogens is 1. The van der Waals surface area contributed by atoms with Crippen LogP contribution in [0, 0.1) is 0 Å². The van der Waals surface area contributed by atoms with Crippen LogP contribution in [-0.2, 0) is 16.0 Å². The molecule has 0 aliphatic carbocycles. The minimum atomic E-state index is -0.526. The molecule has 0 fully saturated rings. The predicted molar refractivity (Wildman–Crippen MR) is 136 cm³/mol. The highest BCUT2D eigenvalue weighted by atomic mass is 35.5. The molecular weight excluding hydrogens is 489 g/mol. The van der Waals surface area contributed by atoms with Crippen LogP contribution in [0.15, 0.2) is 71.5 Å². The SMILES string of the molecule is O=C(/C=C/c1ccc2c(c1)OCO2)OCCc1c(-c2ccccc2Cl)c2cc(Cl)ccc2[nH]c1=O. The van der Waals surface area contributed by atoms with Gasteiger partial charge in [0.2, 0.25) is 6.79 Å². The monoisotopic (exact) mass is 507 g/mol. The molecule has 1 aliphatic rings. The third kappa shape index (κ3) is 4.90. The molecule has 2 heterocycles. The van der Waals surface area contributed by atoms with E-state index in [1.165, 1.54) is 6.08 Å². The van der Waals surface area contributed by atoms with E-state index in [1.807, 2.05) is 24.3 Å². The number of ether oxygens (including phenoxy) is 3.